The van der Waals surface area contributed by atoms with Crippen molar-refractivity contribution in [2.45, 2.75) is 39.5 Å². The van der Waals surface area contributed by atoms with Crippen molar-refractivity contribution in [3.05, 3.63) is 10.5 Å². The molecule has 1 rings (SSSR count). The van der Waals surface area contributed by atoms with Gasteiger partial charge in [-0.05, 0) is 31.6 Å². The molecule has 0 aromatic carbocycles. The maximum Gasteiger partial charge on any atom is 0.306 e. The van der Waals surface area contributed by atoms with Crippen molar-refractivity contribution >= 4 is 23.5 Å². The van der Waals surface area contributed by atoms with Crippen LogP contribution < -0.4 is 0 Å². The quantitative estimate of drug-likeness (QED) is 0.695. The molecule has 0 radical (unpaired) electrons. The van der Waals surface area contributed by atoms with Crippen LogP contribution in [-0.2, 0) is 14.3 Å². The Morgan fingerprint density at radius 2 is 2.19 bits per heavy atom. The summed E-state index contributed by atoms with van der Waals surface area (Å²) >= 11 is 1.62. The van der Waals surface area contributed by atoms with Gasteiger partial charge in [0.05, 0.1) is 13.0 Å². The largest absolute Gasteiger partial charge is 0.466 e. The Kier molecular flexibility index (Phi) is 5.60. The van der Waals surface area contributed by atoms with Crippen molar-refractivity contribution in [1.29, 1.82) is 0 Å². The van der Waals surface area contributed by atoms with Crippen LogP contribution in [0.1, 0.15) is 39.5 Å². The zero-order chi connectivity index (χ0) is 12.0. The van der Waals surface area contributed by atoms with Crippen molar-refractivity contribution in [2.75, 3.05) is 12.4 Å². The highest BCUT2D eigenvalue weighted by Gasteiger charge is 2.17. The van der Waals surface area contributed by atoms with E-state index in [4.69, 9.17) is 4.74 Å². The van der Waals surface area contributed by atoms with Gasteiger partial charge in [0.1, 0.15) is 0 Å². The highest BCUT2D eigenvalue weighted by molar-refractivity contribution is 8.03. The predicted molar refractivity (Wildman–Crippen MR) is 65.3 cm³/mol. The second kappa shape index (κ2) is 6.74. The molecule has 0 spiro atoms. The lowest BCUT2D eigenvalue weighted by atomic mass is 9.99. The van der Waals surface area contributed by atoms with Gasteiger partial charge < -0.3 is 4.74 Å². The second-order valence-electron chi connectivity index (χ2n) is 3.73. The van der Waals surface area contributed by atoms with Gasteiger partial charge in [-0.1, -0.05) is 0 Å². The molecule has 0 amide bonds. The van der Waals surface area contributed by atoms with Crippen LogP contribution in [0.25, 0.3) is 0 Å². The summed E-state index contributed by atoms with van der Waals surface area (Å²) in [6, 6.07) is 0. The molecule has 4 heteroatoms. The maximum absolute atomic E-state index is 11.4. The van der Waals surface area contributed by atoms with Crippen LogP contribution in [0.2, 0.25) is 0 Å². The summed E-state index contributed by atoms with van der Waals surface area (Å²) in [7, 11) is 0. The molecule has 3 nitrogen and oxygen atoms in total. The zero-order valence-electron chi connectivity index (χ0n) is 9.88. The summed E-state index contributed by atoms with van der Waals surface area (Å²) in [5.74, 6) is 0.805. The minimum absolute atomic E-state index is 0.157. The van der Waals surface area contributed by atoms with E-state index >= 15 is 0 Å². The summed E-state index contributed by atoms with van der Waals surface area (Å²) in [5.41, 5.74) is 0.889. The molecule has 0 aromatic heterocycles. The number of ketones is 1. The standard InChI is InChI=1S/C12H18O3S/c1-3-15-12(14)7-8-16-11-6-4-5-10(13)9(11)2/h3-8H2,1-2H3. The van der Waals surface area contributed by atoms with Gasteiger partial charge >= 0.3 is 5.97 Å². The van der Waals surface area contributed by atoms with E-state index in [1.165, 1.54) is 0 Å². The summed E-state index contributed by atoms with van der Waals surface area (Å²) in [5, 5.41) is 0. The van der Waals surface area contributed by atoms with Crippen molar-refractivity contribution in [2.24, 2.45) is 0 Å². The van der Waals surface area contributed by atoms with Crippen molar-refractivity contribution < 1.29 is 14.3 Å². The Hall–Kier alpha value is -0.770. The first kappa shape index (κ1) is 13.3. The van der Waals surface area contributed by atoms with Gasteiger partial charge in [-0.3, -0.25) is 9.59 Å². The monoisotopic (exact) mass is 242 g/mol. The molecule has 0 bridgehead atoms. The second-order valence-corrected chi connectivity index (χ2v) is 4.92. The maximum atomic E-state index is 11.4. The molecule has 0 N–H and O–H groups in total. The van der Waals surface area contributed by atoms with Crippen LogP contribution in [0, 0.1) is 0 Å². The average molecular weight is 242 g/mol. The SMILES string of the molecule is CCOC(=O)CCSC1=C(C)C(=O)CCC1. The fraction of sp³-hybridized carbons (Fsp3) is 0.667. The molecule has 1 aliphatic rings. The Balaban J connectivity index is 2.34. The van der Waals surface area contributed by atoms with Crippen LogP contribution in [-0.4, -0.2) is 24.1 Å². The summed E-state index contributed by atoms with van der Waals surface area (Å²) < 4.78 is 4.84. The number of hydrogen-bond acceptors (Lipinski definition) is 4. The molecular weight excluding hydrogens is 224 g/mol. The van der Waals surface area contributed by atoms with Crippen LogP contribution in [0.15, 0.2) is 10.5 Å². The number of allylic oxidation sites excluding steroid dienone is 2. The van der Waals surface area contributed by atoms with Crippen LogP contribution in [0.3, 0.4) is 0 Å². The number of hydrogen-bond donors (Lipinski definition) is 0. The van der Waals surface area contributed by atoms with Gasteiger partial charge in [-0.2, -0.15) is 0 Å². The third-order valence-electron chi connectivity index (χ3n) is 2.53. The molecule has 0 saturated heterocycles. The molecule has 16 heavy (non-hydrogen) atoms. The first-order valence-corrected chi connectivity index (χ1v) is 6.65. The number of ether oxygens (including phenoxy) is 1. The van der Waals surface area contributed by atoms with E-state index in [0.29, 0.717) is 25.2 Å². The predicted octanol–water partition coefficient (Wildman–Crippen LogP) is 2.70. The zero-order valence-corrected chi connectivity index (χ0v) is 10.7. The fourth-order valence-electron chi connectivity index (χ4n) is 1.61. The van der Waals surface area contributed by atoms with E-state index < -0.39 is 0 Å². The summed E-state index contributed by atoms with van der Waals surface area (Å²) in [6.45, 7) is 4.12. The van der Waals surface area contributed by atoms with E-state index in [-0.39, 0.29) is 11.8 Å². The fourth-order valence-corrected chi connectivity index (χ4v) is 2.75. The highest BCUT2D eigenvalue weighted by Crippen LogP contribution is 2.31. The van der Waals surface area contributed by atoms with Gasteiger partial charge in [0.25, 0.3) is 0 Å². The minimum Gasteiger partial charge on any atom is -0.466 e. The number of esters is 1. The Morgan fingerprint density at radius 1 is 1.44 bits per heavy atom. The molecule has 0 heterocycles. The third kappa shape index (κ3) is 4.00. The number of Topliss-reactive ketones (excluding diaryl/α,β-unsaturated/α-hetero) is 1. The topological polar surface area (TPSA) is 43.4 Å². The Morgan fingerprint density at radius 3 is 2.88 bits per heavy atom. The van der Waals surface area contributed by atoms with E-state index in [9.17, 15) is 9.59 Å². The summed E-state index contributed by atoms with van der Waals surface area (Å²) in [4.78, 5) is 23.7. The van der Waals surface area contributed by atoms with E-state index in [2.05, 4.69) is 0 Å². The highest BCUT2D eigenvalue weighted by atomic mass is 32.2. The smallest absolute Gasteiger partial charge is 0.306 e. The lowest BCUT2D eigenvalue weighted by molar-refractivity contribution is -0.142. The van der Waals surface area contributed by atoms with E-state index in [1.54, 1.807) is 18.7 Å². The molecule has 0 atom stereocenters. The van der Waals surface area contributed by atoms with Gasteiger partial charge in [0.15, 0.2) is 5.78 Å². The normalized spacial score (nSPS) is 16.5. The molecule has 90 valence electrons. The molecular formula is C12H18O3S. The minimum atomic E-state index is -0.157. The molecule has 0 aromatic rings. The molecule has 0 fully saturated rings. The van der Waals surface area contributed by atoms with Crippen molar-refractivity contribution in [3.8, 4) is 0 Å². The molecule has 1 aliphatic carbocycles. The van der Waals surface area contributed by atoms with Gasteiger partial charge in [-0.25, -0.2) is 0 Å². The average Bonchev–Trinajstić information content (AvgIpc) is 2.25. The Labute approximate surface area is 101 Å². The number of carbonyl (C=O) groups excluding carboxylic acids is 2. The van der Waals surface area contributed by atoms with Gasteiger partial charge in [0, 0.05) is 17.7 Å². The molecule has 0 aliphatic heterocycles. The van der Waals surface area contributed by atoms with E-state index in [1.807, 2.05) is 6.92 Å². The first-order chi connectivity index (χ1) is 7.65. The summed E-state index contributed by atoms with van der Waals surface area (Å²) in [6.07, 6.45) is 3.01. The number of rotatable bonds is 5. The number of carbonyl (C=O) groups is 2. The van der Waals surface area contributed by atoms with Gasteiger partial charge in [-0.15, -0.1) is 11.8 Å². The van der Waals surface area contributed by atoms with Crippen molar-refractivity contribution in [1.82, 2.24) is 0 Å². The lowest BCUT2D eigenvalue weighted by Crippen LogP contribution is -2.09. The van der Waals surface area contributed by atoms with Crippen LogP contribution in [0.4, 0.5) is 0 Å². The van der Waals surface area contributed by atoms with Crippen LogP contribution >= 0.6 is 11.8 Å². The van der Waals surface area contributed by atoms with Crippen molar-refractivity contribution in [3.63, 3.8) is 0 Å². The third-order valence-corrected chi connectivity index (χ3v) is 3.80. The lowest BCUT2D eigenvalue weighted by Gasteiger charge is -2.15. The Bertz CT molecular complexity index is 307. The number of thioether (sulfide) groups is 1. The van der Waals surface area contributed by atoms with E-state index in [0.717, 1.165) is 23.3 Å². The van der Waals surface area contributed by atoms with Crippen LogP contribution in [0.5, 0.6) is 0 Å². The molecule has 0 saturated carbocycles. The molecule has 0 unspecified atom stereocenters. The van der Waals surface area contributed by atoms with Gasteiger partial charge in [0.2, 0.25) is 0 Å². The first-order valence-electron chi connectivity index (χ1n) is 5.66.